The number of anilines is 1. The largest absolute Gasteiger partial charge is 0.485 e. The van der Waals surface area contributed by atoms with Crippen molar-refractivity contribution in [1.29, 1.82) is 5.26 Å². The maximum atomic E-state index is 9.05. The molecule has 5 heterocycles. The van der Waals surface area contributed by atoms with Gasteiger partial charge in [0.1, 0.15) is 24.2 Å². The molecular formula is C33H29N7O. The van der Waals surface area contributed by atoms with Gasteiger partial charge in [0.2, 0.25) is 5.82 Å². The fourth-order valence-electron chi connectivity index (χ4n) is 5.85. The van der Waals surface area contributed by atoms with Crippen LogP contribution in [0.25, 0.3) is 28.1 Å². The second kappa shape index (κ2) is 10.9. The Hall–Kier alpha value is -5.00. The Morgan fingerprint density at radius 1 is 0.951 bits per heavy atom. The molecule has 0 radical (unpaired) electrons. The fraction of sp³-hybridized carbons (Fsp3) is 0.212. The molecule has 5 aromatic rings. The number of benzene rings is 2. The van der Waals surface area contributed by atoms with Crippen LogP contribution in [0.15, 0.2) is 91.4 Å². The van der Waals surface area contributed by atoms with Gasteiger partial charge < -0.3 is 14.6 Å². The minimum Gasteiger partial charge on any atom is -0.485 e. The van der Waals surface area contributed by atoms with Gasteiger partial charge in [-0.3, -0.25) is 9.88 Å². The zero-order valence-electron chi connectivity index (χ0n) is 22.6. The van der Waals surface area contributed by atoms with Crippen molar-refractivity contribution in [1.82, 2.24) is 24.4 Å². The normalized spacial score (nSPS) is 14.9. The first kappa shape index (κ1) is 25.0. The third-order valence-electron chi connectivity index (χ3n) is 7.91. The molecule has 3 aromatic heterocycles. The molecule has 1 fully saturated rings. The van der Waals surface area contributed by atoms with Gasteiger partial charge in [0.05, 0.1) is 17.6 Å². The van der Waals surface area contributed by atoms with Crippen molar-refractivity contribution in [2.24, 2.45) is 0 Å². The van der Waals surface area contributed by atoms with Gasteiger partial charge >= 0.3 is 0 Å². The Morgan fingerprint density at radius 3 is 2.59 bits per heavy atom. The van der Waals surface area contributed by atoms with Gasteiger partial charge in [-0.25, -0.2) is 9.97 Å². The standard InChI is InChI=1S/C33H29N7O/c34-19-33-36-15-11-32(38-33)37-25-12-16-39(17-13-25)21-23-6-8-24(9-7-23)29-18-28-27-10-14-35-20-31(27)41-22-30(28)40(29)26-4-2-1-3-5-26/h1-11,14-15,18,20,25H,12-13,16-17,21-22H2,(H,36,37,38). The van der Waals surface area contributed by atoms with Crippen molar-refractivity contribution in [2.75, 3.05) is 18.4 Å². The lowest BCUT2D eigenvalue weighted by Crippen LogP contribution is -2.38. The number of hydrogen-bond acceptors (Lipinski definition) is 7. The molecule has 0 aliphatic carbocycles. The number of pyridine rings is 1. The molecule has 0 spiro atoms. The van der Waals surface area contributed by atoms with Crippen LogP contribution >= 0.6 is 0 Å². The first-order chi connectivity index (χ1) is 20.2. The van der Waals surface area contributed by atoms with Crippen LogP contribution < -0.4 is 10.1 Å². The van der Waals surface area contributed by atoms with Gasteiger partial charge in [0.25, 0.3) is 0 Å². The third-order valence-corrected chi connectivity index (χ3v) is 7.91. The first-order valence-corrected chi connectivity index (χ1v) is 13.9. The monoisotopic (exact) mass is 539 g/mol. The van der Waals surface area contributed by atoms with Crippen LogP contribution in [0.3, 0.4) is 0 Å². The van der Waals surface area contributed by atoms with Crippen LogP contribution in [0.4, 0.5) is 5.82 Å². The molecule has 0 bridgehead atoms. The zero-order valence-corrected chi connectivity index (χ0v) is 22.6. The number of ether oxygens (including phenoxy) is 1. The predicted octanol–water partition coefficient (Wildman–Crippen LogP) is 5.84. The lowest BCUT2D eigenvalue weighted by atomic mass is 10.0. The van der Waals surface area contributed by atoms with Gasteiger partial charge in [-0.2, -0.15) is 5.26 Å². The molecule has 2 aromatic carbocycles. The van der Waals surface area contributed by atoms with Crippen LogP contribution in [0.5, 0.6) is 5.75 Å². The molecule has 1 saturated heterocycles. The van der Waals surface area contributed by atoms with Crippen LogP contribution in [-0.2, 0) is 13.2 Å². The van der Waals surface area contributed by atoms with Crippen molar-refractivity contribution < 1.29 is 4.74 Å². The van der Waals surface area contributed by atoms with E-state index in [2.05, 4.69) is 84.3 Å². The van der Waals surface area contributed by atoms with E-state index in [9.17, 15) is 0 Å². The molecule has 1 N–H and O–H groups in total. The number of aromatic nitrogens is 4. The number of para-hydroxylation sites is 1. The molecule has 41 heavy (non-hydrogen) atoms. The minimum absolute atomic E-state index is 0.197. The summed E-state index contributed by atoms with van der Waals surface area (Å²) in [4.78, 5) is 15.0. The van der Waals surface area contributed by atoms with Crippen molar-refractivity contribution in [3.63, 3.8) is 0 Å². The number of likely N-dealkylation sites (tertiary alicyclic amines) is 1. The Balaban J connectivity index is 1.08. The number of rotatable bonds is 6. The van der Waals surface area contributed by atoms with Crippen LogP contribution in [0.1, 0.15) is 29.9 Å². The molecule has 0 saturated carbocycles. The second-order valence-electron chi connectivity index (χ2n) is 10.5. The highest BCUT2D eigenvalue weighted by molar-refractivity contribution is 5.81. The summed E-state index contributed by atoms with van der Waals surface area (Å²) in [5.41, 5.74) is 8.17. The van der Waals surface area contributed by atoms with Crippen LogP contribution in [-0.4, -0.2) is 43.6 Å². The van der Waals surface area contributed by atoms with E-state index >= 15 is 0 Å². The van der Waals surface area contributed by atoms with Crippen LogP contribution in [0, 0.1) is 11.3 Å². The van der Waals surface area contributed by atoms with Gasteiger partial charge in [-0.05, 0) is 54.3 Å². The Kier molecular flexibility index (Phi) is 6.63. The van der Waals surface area contributed by atoms with Crippen molar-refractivity contribution in [3.8, 4) is 39.9 Å². The number of nitriles is 1. The molecular weight excluding hydrogens is 510 g/mol. The molecule has 8 nitrogen and oxygen atoms in total. The Labute approximate surface area is 238 Å². The molecule has 0 amide bonds. The summed E-state index contributed by atoms with van der Waals surface area (Å²) in [6, 6.07) is 27.9. The highest BCUT2D eigenvalue weighted by Crippen LogP contribution is 2.42. The fourth-order valence-corrected chi connectivity index (χ4v) is 5.85. The van der Waals surface area contributed by atoms with Crippen molar-refractivity contribution in [3.05, 3.63) is 108 Å². The van der Waals surface area contributed by atoms with Crippen molar-refractivity contribution in [2.45, 2.75) is 32.0 Å². The van der Waals surface area contributed by atoms with E-state index in [1.54, 1.807) is 12.4 Å². The van der Waals surface area contributed by atoms with E-state index in [4.69, 9.17) is 10.00 Å². The van der Waals surface area contributed by atoms with Gasteiger partial charge in [-0.1, -0.05) is 42.5 Å². The molecule has 0 unspecified atom stereocenters. The summed E-state index contributed by atoms with van der Waals surface area (Å²) in [6.45, 7) is 3.44. The predicted molar refractivity (Wildman–Crippen MR) is 157 cm³/mol. The van der Waals surface area contributed by atoms with E-state index in [1.807, 2.05) is 30.5 Å². The van der Waals surface area contributed by atoms with Crippen LogP contribution in [0.2, 0.25) is 0 Å². The Morgan fingerprint density at radius 2 is 1.78 bits per heavy atom. The number of nitrogens with zero attached hydrogens (tertiary/aromatic N) is 6. The smallest absolute Gasteiger partial charge is 0.234 e. The topological polar surface area (TPSA) is 91.9 Å². The average molecular weight is 540 g/mol. The number of nitrogens with one attached hydrogen (secondary N) is 1. The van der Waals surface area contributed by atoms with Crippen molar-refractivity contribution >= 4 is 5.82 Å². The highest BCUT2D eigenvalue weighted by Gasteiger charge is 2.25. The van der Waals surface area contributed by atoms with E-state index < -0.39 is 0 Å². The molecule has 202 valence electrons. The summed E-state index contributed by atoms with van der Waals surface area (Å²) >= 11 is 0. The van der Waals surface area contributed by atoms with E-state index in [0.717, 1.165) is 66.7 Å². The third kappa shape index (κ3) is 5.04. The lowest BCUT2D eigenvalue weighted by Gasteiger charge is -2.32. The van der Waals surface area contributed by atoms with E-state index in [0.29, 0.717) is 12.6 Å². The molecule has 0 atom stereocenters. The number of piperidine rings is 1. The maximum Gasteiger partial charge on any atom is 0.234 e. The molecule has 2 aliphatic rings. The summed E-state index contributed by atoms with van der Waals surface area (Å²) < 4.78 is 8.43. The van der Waals surface area contributed by atoms with Gasteiger partial charge in [0, 0.05) is 54.9 Å². The summed E-state index contributed by atoms with van der Waals surface area (Å²) in [6.07, 6.45) is 7.30. The first-order valence-electron chi connectivity index (χ1n) is 13.9. The molecule has 8 heteroatoms. The molecule has 2 aliphatic heterocycles. The lowest BCUT2D eigenvalue weighted by molar-refractivity contribution is 0.211. The summed E-state index contributed by atoms with van der Waals surface area (Å²) in [5, 5.41) is 12.5. The zero-order chi connectivity index (χ0) is 27.6. The van der Waals surface area contributed by atoms with Gasteiger partial charge in [-0.15, -0.1) is 0 Å². The van der Waals surface area contributed by atoms with E-state index in [1.165, 1.54) is 16.7 Å². The quantitative estimate of drug-likeness (QED) is 0.290. The minimum atomic E-state index is 0.197. The SMILES string of the molecule is N#Cc1nccc(NC2CCN(Cc3ccc(-c4cc5c(n4-c4ccccc4)COc4cnccc4-5)cc3)CC2)n1. The van der Waals surface area contributed by atoms with Gasteiger partial charge in [0.15, 0.2) is 0 Å². The number of fused-ring (bicyclic) bond motifs is 3. The molecule has 7 rings (SSSR count). The highest BCUT2D eigenvalue weighted by atomic mass is 16.5. The second-order valence-corrected chi connectivity index (χ2v) is 10.5. The Bertz CT molecular complexity index is 1720. The average Bonchev–Trinajstić information content (AvgIpc) is 3.43. The summed E-state index contributed by atoms with van der Waals surface area (Å²) in [5.74, 6) is 1.75. The maximum absolute atomic E-state index is 9.05. The number of hydrogen-bond donors (Lipinski definition) is 1. The summed E-state index contributed by atoms with van der Waals surface area (Å²) in [7, 11) is 0. The van der Waals surface area contributed by atoms with E-state index in [-0.39, 0.29) is 5.82 Å².